The zero-order chi connectivity index (χ0) is 53.0. The number of nitrogens with two attached hydrogens (primary N) is 1. The van der Waals surface area contributed by atoms with E-state index in [4.69, 9.17) is 10.8 Å². The molecule has 0 bridgehead atoms. The number of benzene rings is 2. The highest BCUT2D eigenvalue weighted by Gasteiger charge is 2.38. The number of aliphatic hydroxyl groups is 1. The van der Waals surface area contributed by atoms with Crippen LogP contribution in [0.25, 0.3) is 11.1 Å². The number of hydrogen-bond donors (Lipinski definition) is 10. The fourth-order valence-corrected chi connectivity index (χ4v) is 7.45. The lowest BCUT2D eigenvalue weighted by atomic mass is 9.82. The molecule has 0 aliphatic heterocycles. The van der Waals surface area contributed by atoms with Crippen LogP contribution < -0.4 is 37.6 Å². The van der Waals surface area contributed by atoms with E-state index in [-0.39, 0.29) is 23.0 Å². The van der Waals surface area contributed by atoms with Crippen LogP contribution in [-0.2, 0) is 54.5 Å². The smallest absolute Gasteiger partial charge is 0.326 e. The molecule has 3 aromatic rings. The molecule has 71 heavy (non-hydrogen) atoms. The van der Waals surface area contributed by atoms with Crippen LogP contribution in [0.4, 0.5) is 8.78 Å². The minimum absolute atomic E-state index is 0.0867. The van der Waals surface area contributed by atoms with E-state index >= 15 is 4.39 Å². The minimum atomic E-state index is -1.76. The van der Waals surface area contributed by atoms with E-state index in [2.05, 4.69) is 47.8 Å². The minimum Gasteiger partial charge on any atom is -0.481 e. The number of halogens is 3. The number of alkyl halides is 1. The van der Waals surface area contributed by atoms with E-state index in [1.165, 1.54) is 4.90 Å². The topological polar surface area (TPSA) is 338 Å². The van der Waals surface area contributed by atoms with Crippen LogP contribution in [-0.4, -0.2) is 140 Å². The van der Waals surface area contributed by atoms with Gasteiger partial charge in [0, 0.05) is 55.5 Å². The van der Waals surface area contributed by atoms with Crippen molar-refractivity contribution < 1.29 is 72.0 Å². The van der Waals surface area contributed by atoms with Crippen molar-refractivity contribution in [2.45, 2.75) is 83.6 Å². The second kappa shape index (κ2) is 27.8. The number of aliphatic carboxylic acids is 2. The molecule has 1 heterocycles. The van der Waals surface area contributed by atoms with Crippen molar-refractivity contribution in [2.24, 2.45) is 11.1 Å². The maximum absolute atomic E-state index is 15.3. The molecule has 2 aromatic carbocycles. The van der Waals surface area contributed by atoms with Gasteiger partial charge in [-0.15, -0.1) is 0 Å². The van der Waals surface area contributed by atoms with Gasteiger partial charge in [-0.05, 0) is 48.1 Å². The van der Waals surface area contributed by atoms with E-state index in [0.29, 0.717) is 5.69 Å². The first kappa shape index (κ1) is 58.0. The predicted octanol–water partition coefficient (Wildman–Crippen LogP) is 0.193. The number of nitrogens with zero attached hydrogens (tertiary/aromatic N) is 2. The zero-order valence-electron chi connectivity index (χ0n) is 39.1. The first-order chi connectivity index (χ1) is 33.4. The SMILES string of the molecule is CC(C)(C)[C@H](c1cc(-c2cc(F)ccc2F)cn1Cc1ccccc1)N(CC[C@H](NC(=O)[C@H](CC(N)=O)NC(=O)CNC(=O)CNC(=O)CBr)C(=O)NCCC(=O)N[C@H](CCC(=O)O)C(=O)O)C(=O)CO. The molecule has 0 spiro atoms. The van der Waals surface area contributed by atoms with Gasteiger partial charge < -0.3 is 62.4 Å². The lowest BCUT2D eigenvalue weighted by Gasteiger charge is -2.41. The number of carbonyl (C=O) groups excluding carboxylic acids is 8. The highest BCUT2D eigenvalue weighted by molar-refractivity contribution is 9.09. The van der Waals surface area contributed by atoms with E-state index in [9.17, 15) is 62.5 Å². The summed E-state index contributed by atoms with van der Waals surface area (Å²) < 4.78 is 31.6. The number of aromatic nitrogens is 1. The Morgan fingerprint density at radius 1 is 0.761 bits per heavy atom. The first-order valence-corrected chi connectivity index (χ1v) is 23.1. The van der Waals surface area contributed by atoms with Gasteiger partial charge in [0.1, 0.15) is 36.4 Å². The summed E-state index contributed by atoms with van der Waals surface area (Å²) in [7, 11) is 0. The third-order valence-electron chi connectivity index (χ3n) is 10.5. The zero-order valence-corrected chi connectivity index (χ0v) is 40.7. The standard InChI is InChI=1S/C46H58BrF2N9O13/c1-46(2,3)42(34-17-27(29-18-28(48)9-10-30(29)49)24-57(34)23-26-7-5-4-6-8-26)58(40(65)25-59)16-14-31(43(68)51-15-13-36(61)54-32(45(70)71)11-12-41(66)67)56-44(69)33(19-35(50)60)55-39(64)22-53-38(63)21-52-37(62)20-47/h4-10,17-18,24,31-33,42,59H,11-16,19-23,25H2,1-3H3,(H2,50,60)(H,51,68)(H,52,62)(H,53,63)(H,54,61)(H,55,64)(H,56,69)(H,66,67)(H,70,71)/t31-,32+,33-,42-/m0/s1. The number of primary amides is 1. The molecule has 0 radical (unpaired) electrons. The molecule has 0 unspecified atom stereocenters. The number of rotatable bonds is 28. The third-order valence-corrected chi connectivity index (χ3v) is 11.0. The molecule has 1 aromatic heterocycles. The van der Waals surface area contributed by atoms with Gasteiger partial charge in [0.15, 0.2) is 0 Å². The van der Waals surface area contributed by atoms with Gasteiger partial charge in [0.05, 0.1) is 30.9 Å². The Morgan fingerprint density at radius 2 is 1.41 bits per heavy atom. The van der Waals surface area contributed by atoms with Gasteiger partial charge in [-0.3, -0.25) is 43.2 Å². The fourth-order valence-electron chi connectivity index (χ4n) is 7.25. The maximum Gasteiger partial charge on any atom is 0.326 e. The molecule has 25 heteroatoms. The predicted molar refractivity (Wildman–Crippen MR) is 252 cm³/mol. The lowest BCUT2D eigenvalue weighted by Crippen LogP contribution is -2.56. The Morgan fingerprint density at radius 3 is 2.01 bits per heavy atom. The second-order valence-corrected chi connectivity index (χ2v) is 17.7. The summed E-state index contributed by atoms with van der Waals surface area (Å²) in [5, 5.41) is 42.5. The average molecular weight is 1060 g/mol. The molecule has 0 saturated carbocycles. The molecule has 0 fully saturated rings. The Balaban J connectivity index is 2.04. The van der Waals surface area contributed by atoms with E-state index in [1.54, 1.807) is 55.8 Å². The van der Waals surface area contributed by atoms with Gasteiger partial charge in [0.25, 0.3) is 0 Å². The second-order valence-electron chi connectivity index (χ2n) is 17.2. The summed E-state index contributed by atoms with van der Waals surface area (Å²) >= 11 is 2.92. The summed E-state index contributed by atoms with van der Waals surface area (Å²) in [6.45, 7) is 2.30. The molecular weight excluding hydrogens is 1000 g/mol. The lowest BCUT2D eigenvalue weighted by molar-refractivity contribution is -0.143. The fraction of sp³-hybridized carbons (Fsp3) is 0.435. The van der Waals surface area contributed by atoms with Crippen LogP contribution in [0.3, 0.4) is 0 Å². The van der Waals surface area contributed by atoms with Crippen molar-refractivity contribution in [3.63, 3.8) is 0 Å². The molecule has 0 aliphatic carbocycles. The van der Waals surface area contributed by atoms with Crippen molar-refractivity contribution in [1.29, 1.82) is 0 Å². The quantitative estimate of drug-likeness (QED) is 0.0435. The summed E-state index contributed by atoms with van der Waals surface area (Å²) in [5.74, 6) is -11.5. The van der Waals surface area contributed by atoms with Gasteiger partial charge in [0.2, 0.25) is 47.3 Å². The maximum atomic E-state index is 15.3. The molecule has 4 atom stereocenters. The van der Waals surface area contributed by atoms with Crippen LogP contribution in [0.5, 0.6) is 0 Å². The van der Waals surface area contributed by atoms with E-state index in [0.717, 1.165) is 23.8 Å². The van der Waals surface area contributed by atoms with E-state index < -0.39 is 165 Å². The van der Waals surface area contributed by atoms with Gasteiger partial charge in [-0.25, -0.2) is 13.6 Å². The Labute approximate surface area is 415 Å². The van der Waals surface area contributed by atoms with E-state index in [1.807, 2.05) is 12.1 Å². The number of carbonyl (C=O) groups is 10. The highest BCUT2D eigenvalue weighted by Crippen LogP contribution is 2.41. The third kappa shape index (κ3) is 19.2. The Kier molecular flexibility index (Phi) is 22.7. The number of carboxylic acids is 2. The van der Waals surface area contributed by atoms with Crippen molar-refractivity contribution in [3.05, 3.63) is 83.7 Å². The number of hydrogen-bond acceptors (Lipinski definition) is 11. The first-order valence-electron chi connectivity index (χ1n) is 22.0. The summed E-state index contributed by atoms with van der Waals surface area (Å²) in [5.41, 5.74) is 5.81. The molecular formula is C46H58BrF2N9O13. The molecule has 11 N–H and O–H groups in total. The number of amides is 8. The van der Waals surface area contributed by atoms with Crippen LogP contribution in [0.1, 0.15) is 70.2 Å². The van der Waals surface area contributed by atoms with Crippen LogP contribution in [0, 0.1) is 17.0 Å². The van der Waals surface area contributed by atoms with Crippen molar-refractivity contribution in [1.82, 2.24) is 41.4 Å². The average Bonchev–Trinajstić information content (AvgIpc) is 3.71. The largest absolute Gasteiger partial charge is 0.481 e. The van der Waals surface area contributed by atoms with Crippen molar-refractivity contribution in [2.75, 3.05) is 38.1 Å². The molecule has 22 nitrogen and oxygen atoms in total. The van der Waals surface area contributed by atoms with Crippen molar-refractivity contribution in [3.8, 4) is 11.1 Å². The highest BCUT2D eigenvalue weighted by atomic mass is 79.9. The molecule has 0 aliphatic rings. The Hall–Kier alpha value is -7.28. The molecule has 0 saturated heterocycles. The van der Waals surface area contributed by atoms with Crippen LogP contribution >= 0.6 is 15.9 Å². The molecule has 8 amide bonds. The summed E-state index contributed by atoms with van der Waals surface area (Å²) in [6.07, 6.45) is -1.25. The van der Waals surface area contributed by atoms with Gasteiger partial charge >= 0.3 is 11.9 Å². The monoisotopic (exact) mass is 1060 g/mol. The summed E-state index contributed by atoms with van der Waals surface area (Å²) in [6, 6.07) is 7.55. The summed E-state index contributed by atoms with van der Waals surface area (Å²) in [4.78, 5) is 127. The number of aliphatic hydroxyl groups excluding tert-OH is 1. The number of nitrogens with one attached hydrogen (secondary N) is 6. The van der Waals surface area contributed by atoms with Gasteiger partial charge in [-0.2, -0.15) is 0 Å². The molecule has 386 valence electrons. The van der Waals surface area contributed by atoms with Gasteiger partial charge in [-0.1, -0.05) is 67.0 Å². The normalized spacial score (nSPS) is 12.8. The number of carboxylic acid groups (broad SMARTS) is 2. The Bertz CT molecular complexity index is 2420. The molecule has 3 rings (SSSR count). The van der Waals surface area contributed by atoms with Crippen LogP contribution in [0.15, 0.2) is 60.8 Å². The van der Waals surface area contributed by atoms with Crippen LogP contribution in [0.2, 0.25) is 0 Å². The van der Waals surface area contributed by atoms with Crippen molar-refractivity contribution >= 4 is 75.1 Å².